The van der Waals surface area contributed by atoms with Gasteiger partial charge in [0.2, 0.25) is 0 Å². The van der Waals surface area contributed by atoms with Crippen molar-refractivity contribution in [3.63, 3.8) is 0 Å². The molecule has 288 valence electrons. The molecule has 1 saturated carbocycles. The van der Waals surface area contributed by atoms with Crippen molar-refractivity contribution < 1.29 is 19.0 Å². The molecule has 0 radical (unpaired) electrons. The number of fused-ring (bicyclic) bond motifs is 11. The molecular weight excluding hydrogens is 709 g/mol. The molecule has 1 fully saturated rings. The molecule has 2 aliphatic carbocycles. The zero-order valence-corrected chi connectivity index (χ0v) is 34.8. The molecule has 5 heteroatoms. The summed E-state index contributed by atoms with van der Waals surface area (Å²) in [5.41, 5.74) is 8.38. The van der Waals surface area contributed by atoms with Crippen molar-refractivity contribution in [2.45, 2.75) is 114 Å². The molecule has 1 spiro atoms. The van der Waals surface area contributed by atoms with Gasteiger partial charge >= 0.3 is 0 Å². The Labute approximate surface area is 337 Å². The van der Waals surface area contributed by atoms with Crippen LogP contribution in [0.25, 0.3) is 28.0 Å². The molecular formula is C51H54O4S. The first-order valence-corrected chi connectivity index (χ1v) is 21.5. The van der Waals surface area contributed by atoms with E-state index in [0.717, 1.165) is 85.0 Å². The van der Waals surface area contributed by atoms with E-state index in [0.29, 0.717) is 5.56 Å². The molecule has 2 heterocycles. The number of methoxy groups -OCH3 is 1. The molecule has 0 saturated heterocycles. The Bertz CT molecular complexity index is 2370. The smallest absolute Gasteiger partial charge is 0.178 e. The molecule has 2 atom stereocenters. The molecule has 5 aromatic rings. The molecule has 2 unspecified atom stereocenters. The highest BCUT2D eigenvalue weighted by molar-refractivity contribution is 8.00. The lowest BCUT2D eigenvalue weighted by Gasteiger charge is -2.52. The summed E-state index contributed by atoms with van der Waals surface area (Å²) in [7, 11) is 1.70. The molecule has 2 aliphatic heterocycles. The Kier molecular flexibility index (Phi) is 8.81. The van der Waals surface area contributed by atoms with E-state index in [1.54, 1.807) is 7.11 Å². The number of hydrogen-bond acceptors (Lipinski definition) is 5. The third-order valence-corrected chi connectivity index (χ3v) is 14.3. The van der Waals surface area contributed by atoms with E-state index in [-0.39, 0.29) is 21.2 Å². The second-order valence-electron chi connectivity index (χ2n) is 18.4. The Morgan fingerprint density at radius 1 is 0.786 bits per heavy atom. The molecule has 0 aromatic heterocycles. The summed E-state index contributed by atoms with van der Waals surface area (Å²) in [6.45, 7) is 14.4. The van der Waals surface area contributed by atoms with Crippen LogP contribution >= 0.6 is 11.8 Å². The van der Waals surface area contributed by atoms with Gasteiger partial charge in [-0.15, -0.1) is 0 Å². The number of carbonyl (C=O) groups excluding carboxylic acids is 1. The maximum atomic E-state index is 11.8. The minimum Gasteiger partial charge on any atom is -0.497 e. The first-order valence-electron chi connectivity index (χ1n) is 20.6. The van der Waals surface area contributed by atoms with Gasteiger partial charge in [0.1, 0.15) is 23.5 Å². The predicted octanol–water partition coefficient (Wildman–Crippen LogP) is 13.7. The number of aldehydes is 1. The molecule has 0 amide bonds. The van der Waals surface area contributed by atoms with E-state index in [9.17, 15) is 4.79 Å². The van der Waals surface area contributed by atoms with Gasteiger partial charge in [-0.05, 0) is 107 Å². The van der Waals surface area contributed by atoms with Crippen LogP contribution in [0.1, 0.15) is 131 Å². The number of rotatable bonds is 9. The normalized spacial score (nSPS) is 23.1. The lowest BCUT2D eigenvalue weighted by atomic mass is 9.52. The second kappa shape index (κ2) is 13.3. The molecule has 5 aromatic carbocycles. The number of ether oxygens (including phenoxy) is 3. The average molecular weight is 763 g/mol. The molecule has 0 N–H and O–H groups in total. The van der Waals surface area contributed by atoms with Crippen LogP contribution in [0.3, 0.4) is 0 Å². The van der Waals surface area contributed by atoms with E-state index in [1.807, 2.05) is 48.2 Å². The molecule has 56 heavy (non-hydrogen) atoms. The van der Waals surface area contributed by atoms with Gasteiger partial charge in [-0.1, -0.05) is 133 Å². The number of thioether (sulfide) groups is 1. The summed E-state index contributed by atoms with van der Waals surface area (Å²) >= 11 is 1.91. The van der Waals surface area contributed by atoms with Crippen LogP contribution in [0, 0.1) is 10.8 Å². The summed E-state index contributed by atoms with van der Waals surface area (Å²) in [4.78, 5) is 12.8. The van der Waals surface area contributed by atoms with Gasteiger partial charge in [0.05, 0.1) is 12.0 Å². The Hall–Kier alpha value is -4.48. The van der Waals surface area contributed by atoms with Gasteiger partial charge in [0, 0.05) is 33.1 Å². The number of carbonyl (C=O) groups is 1. The Morgan fingerprint density at radius 3 is 2.14 bits per heavy atom. The molecule has 4 aliphatic rings. The van der Waals surface area contributed by atoms with Gasteiger partial charge < -0.3 is 14.2 Å². The van der Waals surface area contributed by atoms with Crippen LogP contribution in [0.4, 0.5) is 0 Å². The van der Waals surface area contributed by atoms with E-state index in [2.05, 4.69) is 102 Å². The van der Waals surface area contributed by atoms with Crippen molar-refractivity contribution in [1.29, 1.82) is 0 Å². The quantitative estimate of drug-likeness (QED) is 0.140. The second-order valence-corrected chi connectivity index (χ2v) is 19.8. The van der Waals surface area contributed by atoms with Gasteiger partial charge in [-0.3, -0.25) is 4.79 Å². The summed E-state index contributed by atoms with van der Waals surface area (Å²) in [6.07, 6.45) is 14.2. The van der Waals surface area contributed by atoms with Crippen LogP contribution in [-0.4, -0.2) is 18.3 Å². The maximum Gasteiger partial charge on any atom is 0.178 e. The molecule has 0 bridgehead atoms. The summed E-state index contributed by atoms with van der Waals surface area (Å²) in [5, 5.41) is 2.31. The van der Waals surface area contributed by atoms with Gasteiger partial charge in [-0.2, -0.15) is 0 Å². The van der Waals surface area contributed by atoms with Crippen LogP contribution in [0.2, 0.25) is 0 Å². The summed E-state index contributed by atoms with van der Waals surface area (Å²) in [6, 6.07) is 30.1. The number of unbranched alkanes of at least 4 members (excludes halogenated alkanes) is 1. The highest BCUT2D eigenvalue weighted by Crippen LogP contribution is 2.67. The lowest BCUT2D eigenvalue weighted by molar-refractivity contribution is 0.0641. The molecule has 9 rings (SSSR count). The van der Waals surface area contributed by atoms with Crippen molar-refractivity contribution in [2.24, 2.45) is 10.8 Å². The van der Waals surface area contributed by atoms with E-state index >= 15 is 0 Å². The predicted molar refractivity (Wildman–Crippen MR) is 230 cm³/mol. The van der Waals surface area contributed by atoms with Crippen molar-refractivity contribution in [1.82, 2.24) is 0 Å². The largest absolute Gasteiger partial charge is 0.497 e. The van der Waals surface area contributed by atoms with Gasteiger partial charge in [-0.25, -0.2) is 0 Å². The summed E-state index contributed by atoms with van der Waals surface area (Å²) in [5.74, 6) is 2.70. The minimum atomic E-state index is -0.957. The SMILES string of the molecule is CCCCC1(CCC)Oc2cc3c4c(c5c(c3cc2S1)OC(c1ccc(C=O)cc1)(c1ccc(OC)cc1)C=C5)C1(CC(C)(C)CC(C)(C)C1)c1ccccc1-4. The fourth-order valence-corrected chi connectivity index (χ4v) is 13.0. The van der Waals surface area contributed by atoms with E-state index < -0.39 is 5.60 Å². The monoisotopic (exact) mass is 762 g/mol. The topological polar surface area (TPSA) is 44.8 Å². The maximum absolute atomic E-state index is 11.8. The first-order chi connectivity index (χ1) is 26.9. The molecule has 4 nitrogen and oxygen atoms in total. The summed E-state index contributed by atoms with van der Waals surface area (Å²) < 4.78 is 20.5. The van der Waals surface area contributed by atoms with Crippen molar-refractivity contribution in [2.75, 3.05) is 7.11 Å². The van der Waals surface area contributed by atoms with Crippen LogP contribution in [-0.2, 0) is 11.0 Å². The van der Waals surface area contributed by atoms with Crippen LogP contribution < -0.4 is 14.2 Å². The van der Waals surface area contributed by atoms with Crippen molar-refractivity contribution >= 4 is 34.9 Å². The number of hydrogen-bond donors (Lipinski definition) is 0. The fourth-order valence-electron chi connectivity index (χ4n) is 11.5. The van der Waals surface area contributed by atoms with Gasteiger partial charge in [0.15, 0.2) is 10.5 Å². The highest BCUT2D eigenvalue weighted by atomic mass is 32.2. The average Bonchev–Trinajstić information content (AvgIpc) is 3.67. The lowest BCUT2D eigenvalue weighted by Crippen LogP contribution is -2.44. The van der Waals surface area contributed by atoms with Crippen molar-refractivity contribution in [3.05, 3.63) is 124 Å². The minimum absolute atomic E-state index is 0.126. The highest BCUT2D eigenvalue weighted by Gasteiger charge is 2.56. The van der Waals surface area contributed by atoms with E-state index in [1.165, 1.54) is 44.5 Å². The van der Waals surface area contributed by atoms with Gasteiger partial charge in [0.25, 0.3) is 0 Å². The first kappa shape index (κ1) is 37.1. The third-order valence-electron chi connectivity index (χ3n) is 12.9. The van der Waals surface area contributed by atoms with Crippen LogP contribution in [0.15, 0.2) is 95.9 Å². The Morgan fingerprint density at radius 2 is 1.48 bits per heavy atom. The van der Waals surface area contributed by atoms with Crippen LogP contribution in [0.5, 0.6) is 17.2 Å². The van der Waals surface area contributed by atoms with Crippen molar-refractivity contribution in [3.8, 4) is 28.4 Å². The zero-order chi connectivity index (χ0) is 39.1. The third kappa shape index (κ3) is 5.74. The standard InChI is InChI=1S/C51H54O4S/c1-8-10-25-50(24-9-2)54-42-27-39-40(28-43(42)56-50)46-38(45-44(39)37-13-11-12-14-41(37)49(45)31-47(3,4)30-48(5,6)32-49)23-26-51(55-46,34-17-15-33(29-52)16-18-34)35-19-21-36(53-7)22-20-35/h11-23,26-29H,8-10,24-25,30-32H2,1-7H3. The zero-order valence-electron chi connectivity index (χ0n) is 34.0. The number of benzene rings is 5. The fraction of sp³-hybridized carbons (Fsp3) is 0.392. The van der Waals surface area contributed by atoms with E-state index in [4.69, 9.17) is 14.2 Å². The Balaban J connectivity index is 1.36.